The van der Waals surface area contributed by atoms with Gasteiger partial charge in [-0.25, -0.2) is 4.79 Å². The third-order valence-corrected chi connectivity index (χ3v) is 5.25. The van der Waals surface area contributed by atoms with E-state index in [-0.39, 0.29) is 30.1 Å². The van der Waals surface area contributed by atoms with E-state index in [1.54, 1.807) is 0 Å². The number of carbonyl (C=O) groups is 1. The molecule has 0 aromatic heterocycles. The number of amides is 2. The van der Waals surface area contributed by atoms with Crippen molar-refractivity contribution in [3.63, 3.8) is 0 Å². The molecule has 1 heterocycles. The average molecular weight is 308 g/mol. The first kappa shape index (κ1) is 17.3. The second-order valence-electron chi connectivity index (χ2n) is 6.99. The van der Waals surface area contributed by atoms with E-state index >= 15 is 0 Å². The summed E-state index contributed by atoms with van der Waals surface area (Å²) >= 11 is 0. The van der Waals surface area contributed by atoms with Crippen LogP contribution in [0, 0.1) is 5.92 Å². The predicted octanol–water partition coefficient (Wildman–Crippen LogP) is 3.46. The molecule has 0 spiro atoms. The second kappa shape index (κ2) is 8.56. The molecule has 1 aliphatic carbocycles. The molecule has 1 aliphatic heterocycles. The topological polar surface area (TPSA) is 52.6 Å². The Bertz CT molecular complexity index is 372. The number of allylic oxidation sites excluding steroid dienone is 1. The van der Waals surface area contributed by atoms with Crippen LogP contribution in [0.5, 0.6) is 0 Å². The van der Waals surface area contributed by atoms with Crippen LogP contribution in [0.25, 0.3) is 0 Å². The summed E-state index contributed by atoms with van der Waals surface area (Å²) in [6.45, 7) is 6.63. The number of carbonyl (C=O) groups excluding carboxylic acids is 1. The van der Waals surface area contributed by atoms with Gasteiger partial charge in [-0.15, -0.1) is 6.58 Å². The van der Waals surface area contributed by atoms with Crippen molar-refractivity contribution in [1.29, 1.82) is 0 Å². The quantitative estimate of drug-likeness (QED) is 0.583. The number of hydrogen-bond acceptors (Lipinski definition) is 2. The molecule has 2 amide bonds. The fraction of sp³-hybridized carbons (Fsp3) is 0.833. The lowest BCUT2D eigenvalue weighted by atomic mass is 9.80. The summed E-state index contributed by atoms with van der Waals surface area (Å²) in [5.41, 5.74) is 0. The van der Waals surface area contributed by atoms with Crippen molar-refractivity contribution < 1.29 is 9.90 Å². The molecule has 2 aliphatic rings. The Morgan fingerprint density at radius 2 is 2.14 bits per heavy atom. The van der Waals surface area contributed by atoms with Gasteiger partial charge in [-0.05, 0) is 51.9 Å². The van der Waals surface area contributed by atoms with Gasteiger partial charge >= 0.3 is 6.03 Å². The first-order valence-electron chi connectivity index (χ1n) is 8.99. The summed E-state index contributed by atoms with van der Waals surface area (Å²) in [6.07, 6.45) is 11.1. The summed E-state index contributed by atoms with van der Waals surface area (Å²) < 4.78 is 0. The van der Waals surface area contributed by atoms with Crippen molar-refractivity contribution in [1.82, 2.24) is 10.2 Å². The van der Waals surface area contributed by atoms with Crippen LogP contribution in [-0.4, -0.2) is 40.8 Å². The molecule has 0 radical (unpaired) electrons. The highest BCUT2D eigenvalue weighted by atomic mass is 16.3. The maximum absolute atomic E-state index is 12.6. The van der Waals surface area contributed by atoms with Crippen molar-refractivity contribution in [2.24, 2.45) is 5.92 Å². The first-order chi connectivity index (χ1) is 10.6. The van der Waals surface area contributed by atoms with Gasteiger partial charge in [0.15, 0.2) is 0 Å². The van der Waals surface area contributed by atoms with Crippen LogP contribution < -0.4 is 5.32 Å². The Labute approximate surface area is 135 Å². The van der Waals surface area contributed by atoms with Crippen molar-refractivity contribution in [2.45, 2.75) is 82.9 Å². The Morgan fingerprint density at radius 1 is 1.36 bits per heavy atom. The lowest BCUT2D eigenvalue weighted by molar-refractivity contribution is 0.0304. The van der Waals surface area contributed by atoms with Gasteiger partial charge < -0.3 is 15.3 Å². The minimum Gasteiger partial charge on any atom is -0.393 e. The number of nitrogens with one attached hydrogen (secondary N) is 1. The number of nitrogens with zero attached hydrogens (tertiary/aromatic N) is 1. The van der Waals surface area contributed by atoms with E-state index in [9.17, 15) is 9.90 Å². The normalized spacial score (nSPS) is 30.1. The van der Waals surface area contributed by atoms with E-state index < -0.39 is 0 Å². The van der Waals surface area contributed by atoms with Crippen LogP contribution in [0.1, 0.15) is 64.7 Å². The van der Waals surface area contributed by atoms with Gasteiger partial charge in [0.05, 0.1) is 6.10 Å². The van der Waals surface area contributed by atoms with E-state index in [2.05, 4.69) is 18.8 Å². The van der Waals surface area contributed by atoms with Gasteiger partial charge in [-0.2, -0.15) is 0 Å². The molecule has 4 nitrogen and oxygen atoms in total. The molecule has 2 fully saturated rings. The number of urea groups is 1. The molecule has 4 atom stereocenters. The summed E-state index contributed by atoms with van der Waals surface area (Å²) in [5.74, 6) is 0.276. The van der Waals surface area contributed by atoms with Crippen LogP contribution in [-0.2, 0) is 0 Å². The summed E-state index contributed by atoms with van der Waals surface area (Å²) in [5, 5.41) is 13.4. The number of unbranched alkanes of at least 4 members (excludes halogenated alkanes) is 1. The van der Waals surface area contributed by atoms with Crippen LogP contribution in [0.2, 0.25) is 0 Å². The zero-order chi connectivity index (χ0) is 15.9. The van der Waals surface area contributed by atoms with Gasteiger partial charge in [0, 0.05) is 24.5 Å². The van der Waals surface area contributed by atoms with Crippen molar-refractivity contribution in [3.05, 3.63) is 12.7 Å². The summed E-state index contributed by atoms with van der Waals surface area (Å²) in [7, 11) is 0. The Morgan fingerprint density at radius 3 is 2.86 bits per heavy atom. The molecule has 2 rings (SSSR count). The molecule has 126 valence electrons. The standard InChI is InChI=1S/C18H32N2O2/c1-3-4-5-9-14(2)19-18(22)20-13-8-11-16(20)15-10-6-7-12-17(15)21/h3,14-17,21H,1,4-13H2,2H3,(H,19,22). The molecule has 0 aromatic carbocycles. The summed E-state index contributed by atoms with van der Waals surface area (Å²) in [6, 6.07) is 0.493. The number of hydrogen-bond donors (Lipinski definition) is 2. The van der Waals surface area contributed by atoms with Crippen molar-refractivity contribution in [2.75, 3.05) is 6.54 Å². The Hall–Kier alpha value is -1.03. The van der Waals surface area contributed by atoms with E-state index in [1.165, 1.54) is 6.42 Å². The zero-order valence-electron chi connectivity index (χ0n) is 14.0. The molecule has 1 saturated carbocycles. The van der Waals surface area contributed by atoms with Crippen LogP contribution in [0.4, 0.5) is 4.79 Å². The van der Waals surface area contributed by atoms with E-state index in [0.29, 0.717) is 0 Å². The molecule has 2 N–H and O–H groups in total. The van der Waals surface area contributed by atoms with Gasteiger partial charge in [0.1, 0.15) is 0 Å². The maximum Gasteiger partial charge on any atom is 0.317 e. The molecule has 4 heteroatoms. The van der Waals surface area contributed by atoms with Crippen LogP contribution >= 0.6 is 0 Å². The summed E-state index contributed by atoms with van der Waals surface area (Å²) in [4.78, 5) is 14.6. The number of aliphatic hydroxyl groups excluding tert-OH is 1. The molecule has 22 heavy (non-hydrogen) atoms. The Kier molecular flexibility index (Phi) is 6.74. The van der Waals surface area contributed by atoms with Gasteiger partial charge in [-0.3, -0.25) is 0 Å². The van der Waals surface area contributed by atoms with E-state index in [4.69, 9.17) is 0 Å². The number of rotatable bonds is 6. The van der Waals surface area contributed by atoms with Crippen molar-refractivity contribution in [3.8, 4) is 0 Å². The highest BCUT2D eigenvalue weighted by molar-refractivity contribution is 5.75. The highest BCUT2D eigenvalue weighted by Crippen LogP contribution is 2.34. The fourth-order valence-electron chi connectivity index (χ4n) is 4.01. The zero-order valence-corrected chi connectivity index (χ0v) is 14.0. The minimum atomic E-state index is -0.225. The highest BCUT2D eigenvalue weighted by Gasteiger charge is 2.39. The molecule has 1 saturated heterocycles. The SMILES string of the molecule is C=CCCCC(C)NC(=O)N1CCCC1C1CCCCC1O. The van der Waals surface area contributed by atoms with Gasteiger partial charge in [0.2, 0.25) is 0 Å². The second-order valence-corrected chi connectivity index (χ2v) is 6.99. The smallest absolute Gasteiger partial charge is 0.317 e. The van der Waals surface area contributed by atoms with E-state index in [0.717, 1.165) is 57.9 Å². The first-order valence-corrected chi connectivity index (χ1v) is 8.99. The number of aliphatic hydroxyl groups is 1. The van der Waals surface area contributed by atoms with Gasteiger partial charge in [0.25, 0.3) is 0 Å². The monoisotopic (exact) mass is 308 g/mol. The maximum atomic E-state index is 12.6. The lowest BCUT2D eigenvalue weighted by Crippen LogP contribution is -2.50. The third kappa shape index (κ3) is 4.48. The Balaban J connectivity index is 1.86. The number of likely N-dealkylation sites (tertiary alicyclic amines) is 1. The molecule has 0 bridgehead atoms. The molecule has 0 aromatic rings. The fourth-order valence-corrected chi connectivity index (χ4v) is 4.01. The van der Waals surface area contributed by atoms with Gasteiger partial charge in [-0.1, -0.05) is 18.9 Å². The lowest BCUT2D eigenvalue weighted by Gasteiger charge is -2.37. The van der Waals surface area contributed by atoms with Crippen LogP contribution in [0.3, 0.4) is 0 Å². The van der Waals surface area contributed by atoms with Crippen molar-refractivity contribution >= 4 is 6.03 Å². The minimum absolute atomic E-state index is 0.0615. The molecular formula is C18H32N2O2. The van der Waals surface area contributed by atoms with E-state index in [1.807, 2.05) is 11.0 Å². The van der Waals surface area contributed by atoms with Crippen LogP contribution in [0.15, 0.2) is 12.7 Å². The largest absolute Gasteiger partial charge is 0.393 e. The predicted molar refractivity (Wildman–Crippen MR) is 89.7 cm³/mol. The third-order valence-electron chi connectivity index (χ3n) is 5.25. The molecule has 4 unspecified atom stereocenters. The molecular weight excluding hydrogens is 276 g/mol. The average Bonchev–Trinajstić information content (AvgIpc) is 2.97.